The van der Waals surface area contributed by atoms with Gasteiger partial charge in [0.2, 0.25) is 0 Å². The molecule has 1 spiro atoms. The molecule has 0 aromatic heterocycles. The number of benzene rings is 1. The third-order valence-electron chi connectivity index (χ3n) is 4.89. The number of hydrogen-bond acceptors (Lipinski definition) is 2. The summed E-state index contributed by atoms with van der Waals surface area (Å²) in [4.78, 5) is 0. The Morgan fingerprint density at radius 2 is 2.20 bits per heavy atom. The van der Waals surface area contributed by atoms with Crippen molar-refractivity contribution in [2.75, 3.05) is 13.2 Å². The first-order chi connectivity index (χ1) is 9.84. The lowest BCUT2D eigenvalue weighted by molar-refractivity contribution is -0.0998. The van der Waals surface area contributed by atoms with E-state index in [2.05, 4.69) is 36.5 Å². The molecule has 0 bridgehead atoms. The van der Waals surface area contributed by atoms with Gasteiger partial charge in [0, 0.05) is 12.6 Å². The van der Waals surface area contributed by atoms with Crippen LogP contribution in [0.1, 0.15) is 56.6 Å². The van der Waals surface area contributed by atoms with Crippen molar-refractivity contribution in [1.82, 2.24) is 5.32 Å². The van der Waals surface area contributed by atoms with Crippen molar-refractivity contribution in [3.8, 4) is 0 Å². The van der Waals surface area contributed by atoms with E-state index in [0.29, 0.717) is 6.04 Å². The van der Waals surface area contributed by atoms with E-state index in [1.807, 2.05) is 0 Å². The standard InChI is InChI=1S/C18H27NO/c1-2-12-19-16-10-13-20-18(14-16)11-6-5-8-15-7-3-4-9-17(15)18/h3-4,7,9,16,19H,2,5-6,8,10-14H2,1H3. The van der Waals surface area contributed by atoms with Crippen LogP contribution in [-0.2, 0) is 16.8 Å². The van der Waals surface area contributed by atoms with Crippen LogP contribution in [0.3, 0.4) is 0 Å². The summed E-state index contributed by atoms with van der Waals surface area (Å²) in [6, 6.07) is 9.58. The van der Waals surface area contributed by atoms with Gasteiger partial charge in [-0.05, 0) is 62.6 Å². The molecule has 2 nitrogen and oxygen atoms in total. The molecule has 110 valence electrons. The molecule has 1 aliphatic carbocycles. The van der Waals surface area contributed by atoms with Crippen LogP contribution in [0.15, 0.2) is 24.3 Å². The first-order valence-corrected chi connectivity index (χ1v) is 8.30. The number of fused-ring (bicyclic) bond motifs is 2. The van der Waals surface area contributed by atoms with Crippen LogP contribution in [0.25, 0.3) is 0 Å². The summed E-state index contributed by atoms with van der Waals surface area (Å²) in [5.74, 6) is 0. The van der Waals surface area contributed by atoms with Gasteiger partial charge in [0.15, 0.2) is 0 Å². The van der Waals surface area contributed by atoms with Gasteiger partial charge in [-0.25, -0.2) is 0 Å². The van der Waals surface area contributed by atoms with Gasteiger partial charge in [0.1, 0.15) is 0 Å². The molecule has 3 rings (SSSR count). The van der Waals surface area contributed by atoms with E-state index in [-0.39, 0.29) is 5.60 Å². The lowest BCUT2D eigenvalue weighted by Crippen LogP contribution is -2.45. The van der Waals surface area contributed by atoms with E-state index in [1.54, 1.807) is 0 Å². The van der Waals surface area contributed by atoms with Gasteiger partial charge in [-0.2, -0.15) is 0 Å². The van der Waals surface area contributed by atoms with Crippen molar-refractivity contribution in [3.05, 3.63) is 35.4 Å². The zero-order valence-corrected chi connectivity index (χ0v) is 12.7. The number of nitrogens with one attached hydrogen (secondary N) is 1. The highest BCUT2D eigenvalue weighted by Crippen LogP contribution is 2.43. The Bertz CT molecular complexity index is 445. The molecule has 1 N–H and O–H groups in total. The molecule has 1 fully saturated rings. The quantitative estimate of drug-likeness (QED) is 0.904. The second-order valence-electron chi connectivity index (χ2n) is 6.35. The van der Waals surface area contributed by atoms with E-state index >= 15 is 0 Å². The molecular formula is C18H27NO. The molecule has 1 heterocycles. The van der Waals surface area contributed by atoms with E-state index in [1.165, 1.54) is 43.2 Å². The number of aryl methyl sites for hydroxylation is 1. The van der Waals surface area contributed by atoms with Gasteiger partial charge in [0.25, 0.3) is 0 Å². The third-order valence-corrected chi connectivity index (χ3v) is 4.89. The highest BCUT2D eigenvalue weighted by Gasteiger charge is 2.40. The predicted molar refractivity (Wildman–Crippen MR) is 82.9 cm³/mol. The monoisotopic (exact) mass is 273 g/mol. The molecule has 1 aromatic rings. The average molecular weight is 273 g/mol. The van der Waals surface area contributed by atoms with Crippen molar-refractivity contribution in [2.24, 2.45) is 0 Å². The van der Waals surface area contributed by atoms with Crippen LogP contribution in [0.4, 0.5) is 0 Å². The van der Waals surface area contributed by atoms with Crippen molar-refractivity contribution in [2.45, 2.75) is 63.5 Å². The Morgan fingerprint density at radius 1 is 1.30 bits per heavy atom. The van der Waals surface area contributed by atoms with Crippen molar-refractivity contribution >= 4 is 0 Å². The molecule has 2 aliphatic rings. The molecule has 1 aromatic carbocycles. The van der Waals surface area contributed by atoms with Crippen LogP contribution < -0.4 is 5.32 Å². The van der Waals surface area contributed by atoms with Crippen LogP contribution >= 0.6 is 0 Å². The smallest absolute Gasteiger partial charge is 0.0948 e. The van der Waals surface area contributed by atoms with Crippen LogP contribution in [0.5, 0.6) is 0 Å². The first-order valence-electron chi connectivity index (χ1n) is 8.30. The van der Waals surface area contributed by atoms with E-state index in [9.17, 15) is 0 Å². The molecular weight excluding hydrogens is 246 g/mol. The molecule has 2 unspecified atom stereocenters. The van der Waals surface area contributed by atoms with Crippen molar-refractivity contribution in [3.63, 3.8) is 0 Å². The second-order valence-corrected chi connectivity index (χ2v) is 6.35. The van der Waals surface area contributed by atoms with Gasteiger partial charge in [-0.1, -0.05) is 31.2 Å². The van der Waals surface area contributed by atoms with Crippen LogP contribution in [-0.4, -0.2) is 19.2 Å². The highest BCUT2D eigenvalue weighted by atomic mass is 16.5. The van der Waals surface area contributed by atoms with Gasteiger partial charge in [-0.15, -0.1) is 0 Å². The van der Waals surface area contributed by atoms with Gasteiger partial charge < -0.3 is 10.1 Å². The first kappa shape index (κ1) is 14.1. The number of hydrogen-bond donors (Lipinski definition) is 1. The Morgan fingerprint density at radius 3 is 3.10 bits per heavy atom. The third kappa shape index (κ3) is 2.77. The largest absolute Gasteiger partial charge is 0.370 e. The lowest BCUT2D eigenvalue weighted by Gasteiger charge is -2.42. The molecule has 1 saturated heterocycles. The van der Waals surface area contributed by atoms with E-state index in [0.717, 1.165) is 26.0 Å². The minimum atomic E-state index is -0.0171. The minimum Gasteiger partial charge on any atom is -0.370 e. The summed E-state index contributed by atoms with van der Waals surface area (Å²) in [6.45, 7) is 4.27. The second kappa shape index (κ2) is 6.28. The topological polar surface area (TPSA) is 21.3 Å². The molecule has 0 radical (unpaired) electrons. The van der Waals surface area contributed by atoms with Crippen LogP contribution in [0.2, 0.25) is 0 Å². The Balaban J connectivity index is 1.86. The fourth-order valence-electron chi connectivity index (χ4n) is 3.88. The summed E-state index contributed by atoms with van der Waals surface area (Å²) in [5, 5.41) is 3.71. The summed E-state index contributed by atoms with van der Waals surface area (Å²) in [5.41, 5.74) is 2.97. The van der Waals surface area contributed by atoms with Crippen LogP contribution in [0, 0.1) is 0 Å². The maximum absolute atomic E-state index is 6.38. The maximum Gasteiger partial charge on any atom is 0.0948 e. The zero-order chi connectivity index (χ0) is 13.8. The predicted octanol–water partition coefficient (Wildman–Crippen LogP) is 3.79. The van der Waals surface area contributed by atoms with E-state index < -0.39 is 0 Å². The highest BCUT2D eigenvalue weighted by molar-refractivity contribution is 5.34. The van der Waals surface area contributed by atoms with E-state index in [4.69, 9.17) is 4.74 Å². The summed E-state index contributed by atoms with van der Waals surface area (Å²) in [6.07, 6.45) is 8.50. The fourth-order valence-corrected chi connectivity index (χ4v) is 3.88. The van der Waals surface area contributed by atoms with Crippen molar-refractivity contribution < 1.29 is 4.74 Å². The fraction of sp³-hybridized carbons (Fsp3) is 0.667. The molecule has 20 heavy (non-hydrogen) atoms. The summed E-state index contributed by atoms with van der Waals surface area (Å²) >= 11 is 0. The maximum atomic E-state index is 6.38. The molecule has 0 saturated carbocycles. The summed E-state index contributed by atoms with van der Waals surface area (Å²) < 4.78 is 6.38. The van der Waals surface area contributed by atoms with Gasteiger partial charge in [-0.3, -0.25) is 0 Å². The van der Waals surface area contributed by atoms with Gasteiger partial charge >= 0.3 is 0 Å². The average Bonchev–Trinajstić information content (AvgIpc) is 2.66. The Hall–Kier alpha value is -0.860. The molecule has 2 heteroatoms. The van der Waals surface area contributed by atoms with Gasteiger partial charge in [0.05, 0.1) is 5.60 Å². The lowest BCUT2D eigenvalue weighted by atomic mass is 9.80. The summed E-state index contributed by atoms with van der Waals surface area (Å²) in [7, 11) is 0. The minimum absolute atomic E-state index is 0.0171. The molecule has 0 amide bonds. The SMILES string of the molecule is CCCNC1CCOC2(CCCCc3ccccc32)C1. The molecule has 1 aliphatic heterocycles. The zero-order valence-electron chi connectivity index (χ0n) is 12.7. The number of ether oxygens (including phenoxy) is 1. The normalized spacial score (nSPS) is 29.9. The number of rotatable bonds is 3. The van der Waals surface area contributed by atoms with Crippen molar-refractivity contribution in [1.29, 1.82) is 0 Å². The Labute approximate surface area is 122 Å². The molecule has 2 atom stereocenters. The Kier molecular flexibility index (Phi) is 4.42.